The van der Waals surface area contributed by atoms with Crippen LogP contribution in [-0.2, 0) is 22.4 Å². The number of carbonyl (C=O) groups is 2. The second kappa shape index (κ2) is 5.05. The molecule has 0 spiro atoms. The zero-order valence-corrected chi connectivity index (χ0v) is 10.3. The molecule has 0 radical (unpaired) electrons. The van der Waals surface area contributed by atoms with Gasteiger partial charge in [0.15, 0.2) is 0 Å². The highest BCUT2D eigenvalue weighted by Gasteiger charge is 2.17. The van der Waals surface area contributed by atoms with E-state index in [2.05, 4.69) is 15.3 Å². The molecule has 0 atom stereocenters. The van der Waals surface area contributed by atoms with Gasteiger partial charge in [-0.05, 0) is 13.3 Å². The predicted octanol–water partition coefficient (Wildman–Crippen LogP) is -0.859. The van der Waals surface area contributed by atoms with Crippen molar-refractivity contribution in [2.45, 2.75) is 26.2 Å². The average molecular weight is 263 g/mol. The topological polar surface area (TPSA) is 112 Å². The zero-order chi connectivity index (χ0) is 14.0. The summed E-state index contributed by atoms with van der Waals surface area (Å²) in [4.78, 5) is 49.7. The summed E-state index contributed by atoms with van der Waals surface area (Å²) < 4.78 is 0. The normalized spacial score (nSPS) is 13.4. The number of aromatic nitrogens is 2. The lowest BCUT2D eigenvalue weighted by atomic mass is 10.0. The Morgan fingerprint density at radius 2 is 2.05 bits per heavy atom. The molecule has 1 aromatic heterocycles. The summed E-state index contributed by atoms with van der Waals surface area (Å²) in [6.45, 7) is 1.33. The molecule has 100 valence electrons. The maximum absolute atomic E-state index is 11.5. The molecule has 0 saturated heterocycles. The standard InChI is InChI=1S/C12H13N3O4/c1-6(16)4-10(17)13-7-2-3-8-9(5-7)14-12(19)15-11(8)18/h2H,3-5H2,1H3,(H,13,17)(H2,14,15,18,19). The van der Waals surface area contributed by atoms with Crippen LogP contribution in [0.2, 0.25) is 0 Å². The number of ketones is 1. The van der Waals surface area contributed by atoms with Crippen LogP contribution < -0.4 is 16.6 Å². The molecule has 3 N–H and O–H groups in total. The summed E-state index contributed by atoms with van der Waals surface area (Å²) in [6, 6.07) is 0. The van der Waals surface area contributed by atoms with Crippen molar-refractivity contribution in [3.8, 4) is 0 Å². The molecule has 0 bridgehead atoms. The SMILES string of the molecule is CC(=O)CC(=O)NC1=CCc2c([nH]c(=O)[nH]c2=O)C1. The Balaban J connectivity index is 2.15. The van der Waals surface area contributed by atoms with E-state index < -0.39 is 17.2 Å². The van der Waals surface area contributed by atoms with Gasteiger partial charge < -0.3 is 10.3 Å². The van der Waals surface area contributed by atoms with Gasteiger partial charge in [0.05, 0.1) is 6.42 Å². The molecule has 0 unspecified atom stereocenters. The molecule has 1 amide bonds. The van der Waals surface area contributed by atoms with Gasteiger partial charge in [-0.25, -0.2) is 4.79 Å². The van der Waals surface area contributed by atoms with E-state index in [1.165, 1.54) is 6.92 Å². The van der Waals surface area contributed by atoms with Crippen LogP contribution >= 0.6 is 0 Å². The van der Waals surface area contributed by atoms with Gasteiger partial charge in [0.2, 0.25) is 5.91 Å². The van der Waals surface area contributed by atoms with Crippen molar-refractivity contribution in [1.82, 2.24) is 15.3 Å². The minimum absolute atomic E-state index is 0.184. The third kappa shape index (κ3) is 3.06. The van der Waals surface area contributed by atoms with E-state index >= 15 is 0 Å². The van der Waals surface area contributed by atoms with Crippen LogP contribution in [0.3, 0.4) is 0 Å². The summed E-state index contributed by atoms with van der Waals surface area (Å²) in [6.07, 6.45) is 2.11. The molecule has 7 nitrogen and oxygen atoms in total. The first-order valence-corrected chi connectivity index (χ1v) is 5.78. The highest BCUT2D eigenvalue weighted by Crippen LogP contribution is 2.13. The molecule has 1 aliphatic carbocycles. The molecule has 0 aliphatic heterocycles. The molecular formula is C12H13N3O4. The van der Waals surface area contributed by atoms with E-state index in [1.807, 2.05) is 0 Å². The molecule has 1 aliphatic rings. The van der Waals surface area contributed by atoms with E-state index in [0.717, 1.165) is 0 Å². The number of H-pyrrole nitrogens is 2. The monoisotopic (exact) mass is 263 g/mol. The van der Waals surface area contributed by atoms with Gasteiger partial charge in [-0.15, -0.1) is 0 Å². The van der Waals surface area contributed by atoms with Crippen molar-refractivity contribution in [3.63, 3.8) is 0 Å². The number of aromatic amines is 2. The fraction of sp³-hybridized carbons (Fsp3) is 0.333. The maximum atomic E-state index is 11.5. The van der Waals surface area contributed by atoms with E-state index in [9.17, 15) is 19.2 Å². The second-order valence-corrected chi connectivity index (χ2v) is 4.40. The Morgan fingerprint density at radius 1 is 1.32 bits per heavy atom. The van der Waals surface area contributed by atoms with Crippen molar-refractivity contribution in [1.29, 1.82) is 0 Å². The van der Waals surface area contributed by atoms with Crippen molar-refractivity contribution >= 4 is 11.7 Å². The van der Waals surface area contributed by atoms with Gasteiger partial charge in [-0.1, -0.05) is 6.08 Å². The van der Waals surface area contributed by atoms with Gasteiger partial charge in [0, 0.05) is 23.4 Å². The smallest absolute Gasteiger partial charge is 0.325 e. The van der Waals surface area contributed by atoms with E-state index in [-0.39, 0.29) is 18.6 Å². The van der Waals surface area contributed by atoms with Gasteiger partial charge in [-0.3, -0.25) is 19.4 Å². The number of amides is 1. The van der Waals surface area contributed by atoms with Crippen LogP contribution in [0, 0.1) is 0 Å². The lowest BCUT2D eigenvalue weighted by Gasteiger charge is -2.16. The van der Waals surface area contributed by atoms with Gasteiger partial charge >= 0.3 is 5.69 Å². The molecule has 1 aromatic rings. The summed E-state index contributed by atoms with van der Waals surface area (Å²) >= 11 is 0. The Morgan fingerprint density at radius 3 is 2.74 bits per heavy atom. The van der Waals surface area contributed by atoms with Crippen molar-refractivity contribution in [3.05, 3.63) is 43.9 Å². The number of Topliss-reactive ketones (excluding diaryl/α,β-unsaturated/α-hetero) is 1. The van der Waals surface area contributed by atoms with Crippen LogP contribution in [0.15, 0.2) is 21.4 Å². The molecule has 19 heavy (non-hydrogen) atoms. The second-order valence-electron chi connectivity index (χ2n) is 4.40. The Kier molecular flexibility index (Phi) is 3.46. The highest BCUT2D eigenvalue weighted by atomic mass is 16.2. The number of fused-ring (bicyclic) bond motifs is 1. The summed E-state index contributed by atoms with van der Waals surface area (Å²) in [5.41, 5.74) is 0.586. The molecule has 2 rings (SSSR count). The van der Waals surface area contributed by atoms with Gasteiger partial charge in [-0.2, -0.15) is 0 Å². The largest absolute Gasteiger partial charge is 0.329 e. The van der Waals surface area contributed by atoms with Gasteiger partial charge in [0.25, 0.3) is 5.56 Å². The molecule has 7 heteroatoms. The Bertz CT molecular complexity index is 681. The highest BCUT2D eigenvalue weighted by molar-refractivity contribution is 5.97. The van der Waals surface area contributed by atoms with E-state index in [0.29, 0.717) is 23.4 Å². The zero-order valence-electron chi connectivity index (χ0n) is 10.3. The first-order valence-electron chi connectivity index (χ1n) is 5.78. The van der Waals surface area contributed by atoms with Crippen LogP contribution in [0.4, 0.5) is 0 Å². The lowest BCUT2D eigenvalue weighted by Crippen LogP contribution is -2.33. The summed E-state index contributed by atoms with van der Waals surface area (Å²) in [5.74, 6) is -0.617. The van der Waals surface area contributed by atoms with Crippen molar-refractivity contribution < 1.29 is 9.59 Å². The number of rotatable bonds is 3. The molecule has 0 aromatic carbocycles. The molecule has 1 heterocycles. The van der Waals surface area contributed by atoms with Crippen LogP contribution in [0.25, 0.3) is 0 Å². The van der Waals surface area contributed by atoms with Crippen molar-refractivity contribution in [2.75, 3.05) is 0 Å². The fourth-order valence-corrected chi connectivity index (χ4v) is 1.96. The minimum atomic E-state index is -0.569. The van der Waals surface area contributed by atoms with Gasteiger partial charge in [0.1, 0.15) is 5.78 Å². The third-order valence-electron chi connectivity index (χ3n) is 2.76. The van der Waals surface area contributed by atoms with E-state index in [4.69, 9.17) is 0 Å². The number of nitrogens with one attached hydrogen (secondary N) is 3. The number of carbonyl (C=O) groups excluding carboxylic acids is 2. The quantitative estimate of drug-likeness (QED) is 0.616. The van der Waals surface area contributed by atoms with Crippen LogP contribution in [-0.4, -0.2) is 21.7 Å². The fourth-order valence-electron chi connectivity index (χ4n) is 1.96. The summed E-state index contributed by atoms with van der Waals surface area (Å²) in [5, 5.41) is 2.60. The number of hydrogen-bond acceptors (Lipinski definition) is 4. The molecule has 0 fully saturated rings. The predicted molar refractivity (Wildman–Crippen MR) is 66.6 cm³/mol. The first-order chi connectivity index (χ1) is 8.95. The lowest BCUT2D eigenvalue weighted by molar-refractivity contribution is -0.126. The summed E-state index contributed by atoms with van der Waals surface area (Å²) in [7, 11) is 0. The van der Waals surface area contributed by atoms with Crippen molar-refractivity contribution in [2.24, 2.45) is 0 Å². The Labute approximate surface area is 107 Å². The first kappa shape index (κ1) is 13.0. The number of hydrogen-bond donors (Lipinski definition) is 3. The average Bonchev–Trinajstić information content (AvgIpc) is 2.26. The van der Waals surface area contributed by atoms with Crippen LogP contribution in [0.1, 0.15) is 24.6 Å². The third-order valence-corrected chi connectivity index (χ3v) is 2.76. The van der Waals surface area contributed by atoms with E-state index in [1.54, 1.807) is 6.08 Å². The molecule has 0 saturated carbocycles. The number of allylic oxidation sites excluding steroid dienone is 2. The maximum Gasteiger partial charge on any atom is 0.325 e. The molecular weight excluding hydrogens is 250 g/mol. The minimum Gasteiger partial charge on any atom is -0.329 e. The Hall–Kier alpha value is -2.44. The van der Waals surface area contributed by atoms with Crippen LogP contribution in [0.5, 0.6) is 0 Å².